The lowest BCUT2D eigenvalue weighted by Crippen LogP contribution is -2.38. The molecule has 2 aromatic carbocycles. The van der Waals surface area contributed by atoms with Gasteiger partial charge in [-0.05, 0) is 42.0 Å². The van der Waals surface area contributed by atoms with Crippen LogP contribution in [0.1, 0.15) is 30.0 Å². The van der Waals surface area contributed by atoms with Gasteiger partial charge in [0.05, 0.1) is 13.2 Å². The first-order chi connectivity index (χ1) is 11.3. The normalized spacial score (nSPS) is 14.8. The van der Waals surface area contributed by atoms with Gasteiger partial charge in [-0.3, -0.25) is 0 Å². The van der Waals surface area contributed by atoms with E-state index in [0.717, 1.165) is 11.3 Å². The minimum absolute atomic E-state index is 0.104. The van der Waals surface area contributed by atoms with Crippen LogP contribution in [0.4, 0.5) is 4.79 Å². The minimum atomic E-state index is -0.124. The maximum Gasteiger partial charge on any atom is 0.315 e. The summed E-state index contributed by atoms with van der Waals surface area (Å²) >= 11 is 0. The fourth-order valence-corrected chi connectivity index (χ4v) is 2.68. The van der Waals surface area contributed by atoms with Gasteiger partial charge in [-0.25, -0.2) is 4.79 Å². The van der Waals surface area contributed by atoms with Gasteiger partial charge in [0, 0.05) is 6.54 Å². The number of carbonyl (C=O) groups excluding carboxylic acids is 1. The number of urea groups is 1. The average Bonchev–Trinajstić information content (AvgIpc) is 3.44. The van der Waals surface area contributed by atoms with E-state index in [1.54, 1.807) is 7.11 Å². The van der Waals surface area contributed by atoms with Crippen LogP contribution in [0, 0.1) is 5.92 Å². The Morgan fingerprint density at radius 2 is 1.83 bits per heavy atom. The van der Waals surface area contributed by atoms with Gasteiger partial charge in [0.2, 0.25) is 0 Å². The molecule has 0 unspecified atom stereocenters. The molecular weight excluding hydrogens is 288 g/mol. The average molecular weight is 310 g/mol. The fraction of sp³-hybridized carbons (Fsp3) is 0.316. The van der Waals surface area contributed by atoms with E-state index in [2.05, 4.69) is 22.8 Å². The molecule has 2 aromatic rings. The van der Waals surface area contributed by atoms with Crippen LogP contribution < -0.4 is 15.4 Å². The van der Waals surface area contributed by atoms with E-state index in [1.165, 1.54) is 18.4 Å². The number of ether oxygens (including phenoxy) is 1. The molecule has 4 heteroatoms. The molecule has 1 aliphatic rings. The molecule has 1 aliphatic carbocycles. The molecule has 3 rings (SSSR count). The molecule has 23 heavy (non-hydrogen) atoms. The zero-order valence-electron chi connectivity index (χ0n) is 13.3. The SMILES string of the molecule is COc1ccc(CNC(=O)N[C@H](c2ccccc2)C2CC2)cc1. The molecule has 1 atom stereocenters. The van der Waals surface area contributed by atoms with Crippen LogP contribution in [-0.2, 0) is 6.54 Å². The maximum absolute atomic E-state index is 12.2. The van der Waals surface area contributed by atoms with E-state index in [1.807, 2.05) is 42.5 Å². The van der Waals surface area contributed by atoms with Gasteiger partial charge >= 0.3 is 6.03 Å². The molecule has 0 bridgehead atoms. The summed E-state index contributed by atoms with van der Waals surface area (Å²) in [4.78, 5) is 12.2. The van der Waals surface area contributed by atoms with Gasteiger partial charge in [0.25, 0.3) is 0 Å². The number of hydrogen-bond donors (Lipinski definition) is 2. The zero-order valence-corrected chi connectivity index (χ0v) is 13.3. The van der Waals surface area contributed by atoms with Crippen molar-refractivity contribution in [3.05, 3.63) is 65.7 Å². The third-order valence-corrected chi connectivity index (χ3v) is 4.15. The number of benzene rings is 2. The summed E-state index contributed by atoms with van der Waals surface area (Å²) in [7, 11) is 1.64. The second-order valence-electron chi connectivity index (χ2n) is 5.90. The lowest BCUT2D eigenvalue weighted by atomic mass is 10.0. The van der Waals surface area contributed by atoms with E-state index in [-0.39, 0.29) is 12.1 Å². The van der Waals surface area contributed by atoms with Crippen molar-refractivity contribution in [2.45, 2.75) is 25.4 Å². The molecule has 0 heterocycles. The van der Waals surface area contributed by atoms with Crippen LogP contribution in [-0.4, -0.2) is 13.1 Å². The van der Waals surface area contributed by atoms with Crippen molar-refractivity contribution in [3.8, 4) is 5.75 Å². The van der Waals surface area contributed by atoms with E-state index in [9.17, 15) is 4.79 Å². The first-order valence-corrected chi connectivity index (χ1v) is 7.98. The lowest BCUT2D eigenvalue weighted by Gasteiger charge is -2.19. The number of methoxy groups -OCH3 is 1. The first-order valence-electron chi connectivity index (χ1n) is 7.98. The van der Waals surface area contributed by atoms with Crippen molar-refractivity contribution in [2.75, 3.05) is 7.11 Å². The first kappa shape index (κ1) is 15.4. The van der Waals surface area contributed by atoms with Gasteiger partial charge in [0.15, 0.2) is 0 Å². The Balaban J connectivity index is 1.55. The van der Waals surface area contributed by atoms with Crippen molar-refractivity contribution in [1.82, 2.24) is 10.6 Å². The van der Waals surface area contributed by atoms with Crippen molar-refractivity contribution in [3.63, 3.8) is 0 Å². The summed E-state index contributed by atoms with van der Waals surface area (Å²) < 4.78 is 5.13. The molecule has 0 radical (unpaired) electrons. The van der Waals surface area contributed by atoms with Crippen LogP contribution in [0.15, 0.2) is 54.6 Å². The maximum atomic E-state index is 12.2. The Kier molecular flexibility index (Phi) is 4.81. The summed E-state index contributed by atoms with van der Waals surface area (Å²) in [6.45, 7) is 0.502. The molecule has 0 aromatic heterocycles. The highest BCUT2D eigenvalue weighted by atomic mass is 16.5. The Morgan fingerprint density at radius 1 is 1.13 bits per heavy atom. The standard InChI is InChI=1S/C19H22N2O2/c1-23-17-11-7-14(8-12-17)13-20-19(22)21-18(16-9-10-16)15-5-3-2-4-6-15/h2-8,11-12,16,18H,9-10,13H2,1H3,(H2,20,21,22)/t18-/m1/s1. The second kappa shape index (κ2) is 7.18. The molecule has 2 N–H and O–H groups in total. The third kappa shape index (κ3) is 4.25. The molecule has 0 saturated heterocycles. The third-order valence-electron chi connectivity index (χ3n) is 4.15. The summed E-state index contributed by atoms with van der Waals surface area (Å²) in [6.07, 6.45) is 2.36. The smallest absolute Gasteiger partial charge is 0.315 e. The van der Waals surface area contributed by atoms with Gasteiger partial charge in [-0.15, -0.1) is 0 Å². The fourth-order valence-electron chi connectivity index (χ4n) is 2.68. The van der Waals surface area contributed by atoms with Crippen molar-refractivity contribution >= 4 is 6.03 Å². The molecular formula is C19H22N2O2. The van der Waals surface area contributed by atoms with Crippen molar-refractivity contribution < 1.29 is 9.53 Å². The summed E-state index contributed by atoms with van der Waals surface area (Å²) in [6, 6.07) is 17.9. The van der Waals surface area contributed by atoms with Crippen LogP contribution >= 0.6 is 0 Å². The zero-order chi connectivity index (χ0) is 16.1. The highest BCUT2D eigenvalue weighted by molar-refractivity contribution is 5.74. The van der Waals surface area contributed by atoms with Crippen LogP contribution in [0.3, 0.4) is 0 Å². The van der Waals surface area contributed by atoms with Gasteiger partial charge < -0.3 is 15.4 Å². The predicted molar refractivity (Wildman–Crippen MR) is 90.3 cm³/mol. The highest BCUT2D eigenvalue weighted by Crippen LogP contribution is 2.40. The van der Waals surface area contributed by atoms with Crippen LogP contribution in [0.25, 0.3) is 0 Å². The van der Waals surface area contributed by atoms with Gasteiger partial charge in [-0.2, -0.15) is 0 Å². The molecule has 0 aliphatic heterocycles. The highest BCUT2D eigenvalue weighted by Gasteiger charge is 2.33. The van der Waals surface area contributed by atoms with Crippen molar-refractivity contribution in [2.24, 2.45) is 5.92 Å². The Morgan fingerprint density at radius 3 is 2.43 bits per heavy atom. The predicted octanol–water partition coefficient (Wildman–Crippen LogP) is 3.65. The molecule has 4 nitrogen and oxygen atoms in total. The Labute approximate surface area is 136 Å². The Bertz CT molecular complexity index is 636. The second-order valence-corrected chi connectivity index (χ2v) is 5.90. The van der Waals surface area contributed by atoms with Gasteiger partial charge in [0.1, 0.15) is 5.75 Å². The quantitative estimate of drug-likeness (QED) is 0.855. The monoisotopic (exact) mass is 310 g/mol. The molecule has 120 valence electrons. The summed E-state index contributed by atoms with van der Waals surface area (Å²) in [5, 5.41) is 6.04. The summed E-state index contributed by atoms with van der Waals surface area (Å²) in [5.74, 6) is 1.38. The van der Waals surface area contributed by atoms with Crippen LogP contribution in [0.2, 0.25) is 0 Å². The Hall–Kier alpha value is -2.49. The van der Waals surface area contributed by atoms with E-state index >= 15 is 0 Å². The molecule has 0 spiro atoms. The molecule has 1 saturated carbocycles. The number of rotatable bonds is 6. The van der Waals surface area contributed by atoms with E-state index < -0.39 is 0 Å². The van der Waals surface area contributed by atoms with E-state index in [4.69, 9.17) is 4.74 Å². The van der Waals surface area contributed by atoms with Crippen LogP contribution in [0.5, 0.6) is 5.75 Å². The summed E-state index contributed by atoms with van der Waals surface area (Å²) in [5.41, 5.74) is 2.22. The topological polar surface area (TPSA) is 50.4 Å². The minimum Gasteiger partial charge on any atom is -0.497 e. The van der Waals surface area contributed by atoms with Gasteiger partial charge in [-0.1, -0.05) is 42.5 Å². The largest absolute Gasteiger partial charge is 0.497 e. The lowest BCUT2D eigenvalue weighted by molar-refractivity contribution is 0.235. The van der Waals surface area contributed by atoms with Crippen molar-refractivity contribution in [1.29, 1.82) is 0 Å². The number of hydrogen-bond acceptors (Lipinski definition) is 2. The number of carbonyl (C=O) groups is 1. The molecule has 1 fully saturated rings. The number of amides is 2. The molecule has 2 amide bonds. The van der Waals surface area contributed by atoms with E-state index in [0.29, 0.717) is 12.5 Å². The number of nitrogens with one attached hydrogen (secondary N) is 2.